The first kappa shape index (κ1) is 22.9. The Labute approximate surface area is 182 Å². The van der Waals surface area contributed by atoms with Crippen LogP contribution in [-0.4, -0.2) is 48.7 Å². The molecule has 3 rings (SSSR count). The highest BCUT2D eigenvalue weighted by molar-refractivity contribution is 7.94. The molecule has 11 heteroatoms. The van der Waals surface area contributed by atoms with Crippen LogP contribution in [0.15, 0.2) is 47.4 Å². The number of carbonyl (C=O) groups is 1. The van der Waals surface area contributed by atoms with E-state index in [0.717, 1.165) is 24.8 Å². The van der Waals surface area contributed by atoms with Crippen LogP contribution in [0.3, 0.4) is 0 Å². The zero-order valence-electron chi connectivity index (χ0n) is 17.5. The van der Waals surface area contributed by atoms with Crippen molar-refractivity contribution >= 4 is 43.0 Å². The van der Waals surface area contributed by atoms with Crippen LogP contribution in [0.4, 0.5) is 17.1 Å². The van der Waals surface area contributed by atoms with Crippen LogP contribution in [0.25, 0.3) is 0 Å². The molecule has 0 bridgehead atoms. The molecule has 1 saturated heterocycles. The zero-order valence-corrected chi connectivity index (χ0v) is 19.2. The zero-order chi connectivity index (χ0) is 22.8. The van der Waals surface area contributed by atoms with Crippen molar-refractivity contribution in [1.29, 1.82) is 0 Å². The van der Waals surface area contributed by atoms with Crippen molar-refractivity contribution in [3.8, 4) is 5.75 Å². The lowest BCUT2D eigenvalue weighted by Gasteiger charge is -2.21. The Morgan fingerprint density at radius 1 is 1.10 bits per heavy atom. The van der Waals surface area contributed by atoms with E-state index in [1.807, 2.05) is 26.0 Å². The van der Waals surface area contributed by atoms with Gasteiger partial charge in [0.1, 0.15) is 10.6 Å². The molecule has 1 aliphatic rings. The fraction of sp³-hybridized carbons (Fsp3) is 0.350. The summed E-state index contributed by atoms with van der Waals surface area (Å²) >= 11 is 0. The molecule has 1 heterocycles. The first-order valence-electron chi connectivity index (χ1n) is 9.74. The summed E-state index contributed by atoms with van der Waals surface area (Å²) < 4.78 is 58.9. The number of hydrogen-bond donors (Lipinski definition) is 1. The number of benzene rings is 2. The Bertz CT molecular complexity index is 1170. The van der Waals surface area contributed by atoms with Crippen molar-refractivity contribution in [3.63, 3.8) is 0 Å². The van der Waals surface area contributed by atoms with Crippen LogP contribution in [-0.2, 0) is 24.8 Å². The fourth-order valence-corrected chi connectivity index (χ4v) is 6.11. The van der Waals surface area contributed by atoms with Gasteiger partial charge in [0.2, 0.25) is 15.9 Å². The highest BCUT2D eigenvalue weighted by Gasteiger charge is 2.37. The van der Waals surface area contributed by atoms with Gasteiger partial charge in [-0.2, -0.15) is 0 Å². The number of rotatable bonds is 8. The third kappa shape index (κ3) is 4.62. The van der Waals surface area contributed by atoms with Crippen molar-refractivity contribution in [2.75, 3.05) is 39.9 Å². The minimum Gasteiger partial charge on any atom is -0.495 e. The lowest BCUT2D eigenvalue weighted by Crippen LogP contribution is -2.29. The number of ether oxygens (including phenoxy) is 1. The number of hydrogen-bond acceptors (Lipinski definition) is 7. The molecule has 2 aromatic rings. The van der Waals surface area contributed by atoms with Crippen LogP contribution < -0.4 is 18.7 Å². The SMILES string of the molecule is CCN(CC)c1ccc(NS(=O)(=O)c2cc(N3C(=O)CCS3(=O)=O)ccc2OC)cc1. The molecule has 1 fully saturated rings. The van der Waals surface area contributed by atoms with Crippen LogP contribution >= 0.6 is 0 Å². The normalized spacial score (nSPS) is 15.7. The largest absolute Gasteiger partial charge is 0.495 e. The molecule has 1 aliphatic heterocycles. The predicted molar refractivity (Wildman–Crippen MR) is 120 cm³/mol. The summed E-state index contributed by atoms with van der Waals surface area (Å²) in [4.78, 5) is 13.9. The molecular weight excluding hydrogens is 442 g/mol. The minimum absolute atomic E-state index is 0.0278. The molecule has 0 unspecified atom stereocenters. The summed E-state index contributed by atoms with van der Waals surface area (Å²) in [6, 6.07) is 10.7. The van der Waals surface area contributed by atoms with E-state index in [4.69, 9.17) is 4.74 Å². The molecule has 0 saturated carbocycles. The quantitative estimate of drug-likeness (QED) is 0.634. The second-order valence-corrected chi connectivity index (χ2v) is 10.5. The molecule has 168 valence electrons. The summed E-state index contributed by atoms with van der Waals surface area (Å²) in [5, 5.41) is 0. The topological polar surface area (TPSA) is 113 Å². The summed E-state index contributed by atoms with van der Waals surface area (Å²) in [6.07, 6.45) is -0.145. The van der Waals surface area contributed by atoms with E-state index in [0.29, 0.717) is 9.99 Å². The summed E-state index contributed by atoms with van der Waals surface area (Å²) in [6.45, 7) is 5.71. The number of carbonyl (C=O) groups excluding carboxylic acids is 1. The summed E-state index contributed by atoms with van der Waals surface area (Å²) in [7, 11) is -6.64. The number of nitrogens with one attached hydrogen (secondary N) is 1. The molecule has 1 amide bonds. The van der Waals surface area contributed by atoms with E-state index in [9.17, 15) is 21.6 Å². The molecule has 0 aromatic heterocycles. The lowest BCUT2D eigenvalue weighted by molar-refractivity contribution is -0.116. The van der Waals surface area contributed by atoms with E-state index in [1.54, 1.807) is 12.1 Å². The van der Waals surface area contributed by atoms with Gasteiger partial charge < -0.3 is 9.64 Å². The Balaban J connectivity index is 1.96. The molecular formula is C20H25N3O6S2. The number of nitrogens with zero attached hydrogens (tertiary/aromatic N) is 2. The van der Waals surface area contributed by atoms with Gasteiger partial charge >= 0.3 is 0 Å². The summed E-state index contributed by atoms with van der Waals surface area (Å²) in [5.41, 5.74) is 1.26. The number of methoxy groups -OCH3 is 1. The maximum absolute atomic E-state index is 13.1. The van der Waals surface area contributed by atoms with Gasteiger partial charge in [0, 0.05) is 30.9 Å². The van der Waals surface area contributed by atoms with Gasteiger partial charge in [-0.1, -0.05) is 0 Å². The lowest BCUT2D eigenvalue weighted by atomic mass is 10.2. The average Bonchev–Trinajstić information content (AvgIpc) is 3.01. The van der Waals surface area contributed by atoms with Crippen LogP contribution in [0.5, 0.6) is 5.75 Å². The van der Waals surface area contributed by atoms with Gasteiger partial charge in [0.25, 0.3) is 10.0 Å². The Morgan fingerprint density at radius 3 is 2.26 bits per heavy atom. The van der Waals surface area contributed by atoms with Gasteiger partial charge in [-0.25, -0.2) is 21.1 Å². The Morgan fingerprint density at radius 2 is 1.74 bits per heavy atom. The maximum Gasteiger partial charge on any atom is 0.265 e. The van der Waals surface area contributed by atoms with Crippen LogP contribution in [0.2, 0.25) is 0 Å². The van der Waals surface area contributed by atoms with E-state index in [2.05, 4.69) is 9.62 Å². The van der Waals surface area contributed by atoms with E-state index in [1.165, 1.54) is 19.2 Å². The number of sulfonamides is 2. The molecule has 0 radical (unpaired) electrons. The second kappa shape index (κ2) is 8.75. The molecule has 9 nitrogen and oxygen atoms in total. The highest BCUT2D eigenvalue weighted by atomic mass is 32.2. The van der Waals surface area contributed by atoms with Gasteiger partial charge in [0.05, 0.1) is 18.6 Å². The van der Waals surface area contributed by atoms with Crippen LogP contribution in [0, 0.1) is 0 Å². The van der Waals surface area contributed by atoms with Gasteiger partial charge in [-0.15, -0.1) is 0 Å². The van der Waals surface area contributed by atoms with E-state index < -0.39 is 26.0 Å². The van der Waals surface area contributed by atoms with Gasteiger partial charge in [-0.3, -0.25) is 9.52 Å². The van der Waals surface area contributed by atoms with Gasteiger partial charge in [0.15, 0.2) is 0 Å². The van der Waals surface area contributed by atoms with Crippen molar-refractivity contribution in [2.24, 2.45) is 0 Å². The standard InChI is InChI=1S/C20H25N3O6S2/c1-4-22(5-2)16-8-6-15(7-9-16)21-31(27,28)19-14-17(10-11-18(19)29-3)23-20(24)12-13-30(23,25)26/h6-11,14,21H,4-5,12-13H2,1-3H3. The van der Waals surface area contributed by atoms with Crippen molar-refractivity contribution < 1.29 is 26.4 Å². The van der Waals surface area contributed by atoms with Crippen molar-refractivity contribution in [1.82, 2.24) is 0 Å². The third-order valence-corrected chi connectivity index (χ3v) is 8.09. The van der Waals surface area contributed by atoms with Crippen molar-refractivity contribution in [2.45, 2.75) is 25.2 Å². The molecule has 2 aromatic carbocycles. The fourth-order valence-electron chi connectivity index (χ4n) is 3.41. The molecule has 0 spiro atoms. The number of anilines is 3. The van der Waals surface area contributed by atoms with Gasteiger partial charge in [-0.05, 0) is 56.3 Å². The molecule has 31 heavy (non-hydrogen) atoms. The predicted octanol–water partition coefficient (Wildman–Crippen LogP) is 2.41. The van der Waals surface area contributed by atoms with Crippen LogP contribution in [0.1, 0.15) is 20.3 Å². The first-order chi connectivity index (χ1) is 14.6. The molecule has 0 atom stereocenters. The Hall–Kier alpha value is -2.79. The van der Waals surface area contributed by atoms with E-state index >= 15 is 0 Å². The summed E-state index contributed by atoms with van der Waals surface area (Å²) in [5.74, 6) is -0.884. The Kier molecular flexibility index (Phi) is 6.46. The van der Waals surface area contributed by atoms with Crippen molar-refractivity contribution in [3.05, 3.63) is 42.5 Å². The average molecular weight is 468 g/mol. The maximum atomic E-state index is 13.1. The van der Waals surface area contributed by atoms with E-state index in [-0.39, 0.29) is 28.5 Å². The molecule has 0 aliphatic carbocycles. The second-order valence-electron chi connectivity index (χ2n) is 6.88. The number of amides is 1. The minimum atomic E-state index is -4.13. The third-order valence-electron chi connectivity index (χ3n) is 5.00. The smallest absolute Gasteiger partial charge is 0.265 e. The monoisotopic (exact) mass is 467 g/mol. The first-order valence-corrected chi connectivity index (χ1v) is 12.8. The highest BCUT2D eigenvalue weighted by Crippen LogP contribution is 2.33. The molecule has 1 N–H and O–H groups in total.